The summed E-state index contributed by atoms with van der Waals surface area (Å²) in [6.45, 7) is 1.73. The Morgan fingerprint density at radius 3 is 3.22 bits per heavy atom. The van der Waals surface area contributed by atoms with E-state index >= 15 is 0 Å². The first-order valence-corrected chi connectivity index (χ1v) is 8.50. The molecule has 1 saturated heterocycles. The number of urea groups is 1. The molecule has 122 valence electrons. The Morgan fingerprint density at radius 1 is 1.48 bits per heavy atom. The highest BCUT2D eigenvalue weighted by molar-refractivity contribution is 7.07. The van der Waals surface area contributed by atoms with Crippen molar-refractivity contribution < 1.29 is 14.3 Å². The van der Waals surface area contributed by atoms with Gasteiger partial charge >= 0.3 is 6.03 Å². The van der Waals surface area contributed by atoms with E-state index < -0.39 is 0 Å². The monoisotopic (exact) mass is 333 g/mol. The van der Waals surface area contributed by atoms with Crippen LogP contribution in [0.5, 0.6) is 5.75 Å². The highest BCUT2D eigenvalue weighted by Crippen LogP contribution is 2.18. The van der Waals surface area contributed by atoms with E-state index in [0.717, 1.165) is 25.1 Å². The molecular weight excluding hydrogens is 314 g/mol. The number of hydrogen-bond acceptors (Lipinski definition) is 5. The number of hydrogen-bond donors (Lipinski definition) is 2. The van der Waals surface area contributed by atoms with Crippen LogP contribution in [0.25, 0.3) is 0 Å². The molecule has 2 heterocycles. The second-order valence-electron chi connectivity index (χ2n) is 5.27. The summed E-state index contributed by atoms with van der Waals surface area (Å²) in [4.78, 5) is 16.1. The molecule has 7 heteroatoms. The molecule has 0 bridgehead atoms. The predicted molar refractivity (Wildman–Crippen MR) is 88.9 cm³/mol. The van der Waals surface area contributed by atoms with E-state index in [0.29, 0.717) is 24.6 Å². The molecule has 2 aromatic rings. The maximum absolute atomic E-state index is 11.9. The minimum atomic E-state index is -0.239. The summed E-state index contributed by atoms with van der Waals surface area (Å²) >= 11 is 1.54. The van der Waals surface area contributed by atoms with Crippen LogP contribution >= 0.6 is 11.3 Å². The van der Waals surface area contributed by atoms with Gasteiger partial charge in [0.2, 0.25) is 0 Å². The van der Waals surface area contributed by atoms with Gasteiger partial charge in [-0.1, -0.05) is 6.07 Å². The summed E-state index contributed by atoms with van der Waals surface area (Å²) < 4.78 is 11.1. The molecule has 1 aliphatic rings. The lowest BCUT2D eigenvalue weighted by Crippen LogP contribution is -2.35. The third-order valence-corrected chi connectivity index (χ3v) is 4.11. The first kappa shape index (κ1) is 15.8. The van der Waals surface area contributed by atoms with Crippen LogP contribution in [0, 0.1) is 0 Å². The molecule has 23 heavy (non-hydrogen) atoms. The topological polar surface area (TPSA) is 72.5 Å². The number of ether oxygens (including phenoxy) is 2. The Balaban J connectivity index is 1.47. The minimum Gasteiger partial charge on any atom is -0.487 e. The second-order valence-corrected chi connectivity index (χ2v) is 5.99. The van der Waals surface area contributed by atoms with E-state index in [-0.39, 0.29) is 12.1 Å². The number of aromatic nitrogens is 1. The van der Waals surface area contributed by atoms with E-state index in [9.17, 15) is 4.79 Å². The molecule has 0 radical (unpaired) electrons. The van der Waals surface area contributed by atoms with Crippen LogP contribution in [0.3, 0.4) is 0 Å². The number of carbonyl (C=O) groups excluding carboxylic acids is 1. The van der Waals surface area contributed by atoms with E-state index in [1.54, 1.807) is 11.6 Å². The summed E-state index contributed by atoms with van der Waals surface area (Å²) in [6.07, 6.45) is 2.19. The Hall–Kier alpha value is -2.12. The molecule has 6 nitrogen and oxygen atoms in total. The quantitative estimate of drug-likeness (QED) is 0.852. The molecule has 1 unspecified atom stereocenters. The van der Waals surface area contributed by atoms with Gasteiger partial charge in [-0.3, -0.25) is 0 Å². The number of thiazole rings is 1. The molecule has 0 aliphatic carbocycles. The zero-order chi connectivity index (χ0) is 15.9. The molecule has 3 rings (SSSR count). The number of benzene rings is 1. The largest absolute Gasteiger partial charge is 0.487 e. The van der Waals surface area contributed by atoms with Crippen molar-refractivity contribution in [3.8, 4) is 5.75 Å². The summed E-state index contributed by atoms with van der Waals surface area (Å²) in [5, 5.41) is 7.57. The van der Waals surface area contributed by atoms with Crippen LogP contribution in [0.4, 0.5) is 10.5 Å². The van der Waals surface area contributed by atoms with E-state index in [1.165, 1.54) is 11.3 Å². The van der Waals surface area contributed by atoms with Gasteiger partial charge in [0.25, 0.3) is 0 Å². The third kappa shape index (κ3) is 4.94. The van der Waals surface area contributed by atoms with Crippen molar-refractivity contribution >= 4 is 23.1 Å². The zero-order valence-electron chi connectivity index (χ0n) is 12.7. The summed E-state index contributed by atoms with van der Waals surface area (Å²) in [7, 11) is 0. The fourth-order valence-electron chi connectivity index (χ4n) is 2.32. The van der Waals surface area contributed by atoms with Crippen molar-refractivity contribution in [1.82, 2.24) is 10.3 Å². The first-order chi connectivity index (χ1) is 11.3. The van der Waals surface area contributed by atoms with Gasteiger partial charge in [-0.25, -0.2) is 9.78 Å². The number of anilines is 1. The van der Waals surface area contributed by atoms with Crippen molar-refractivity contribution in [1.29, 1.82) is 0 Å². The normalized spacial score (nSPS) is 17.0. The molecule has 0 saturated carbocycles. The van der Waals surface area contributed by atoms with Gasteiger partial charge in [-0.05, 0) is 25.0 Å². The lowest BCUT2D eigenvalue weighted by molar-refractivity contribution is 0.112. The predicted octanol–water partition coefficient (Wildman–Crippen LogP) is 3.02. The van der Waals surface area contributed by atoms with Crippen molar-refractivity contribution in [3.05, 3.63) is 40.8 Å². The van der Waals surface area contributed by atoms with E-state index in [1.807, 2.05) is 23.6 Å². The highest BCUT2D eigenvalue weighted by atomic mass is 32.1. The molecule has 1 aromatic carbocycles. The second kappa shape index (κ2) is 7.94. The SMILES string of the molecule is O=C(NCC1CCCO1)Nc1cccc(OCc2cscn2)c1. The van der Waals surface area contributed by atoms with Crippen LogP contribution in [0.1, 0.15) is 18.5 Å². The van der Waals surface area contributed by atoms with Crippen molar-refractivity contribution in [3.63, 3.8) is 0 Å². The number of rotatable bonds is 6. The number of nitrogens with zero attached hydrogens (tertiary/aromatic N) is 1. The maximum atomic E-state index is 11.9. The maximum Gasteiger partial charge on any atom is 0.319 e. The molecule has 1 aromatic heterocycles. The van der Waals surface area contributed by atoms with Crippen molar-refractivity contribution in [2.45, 2.75) is 25.6 Å². The van der Waals surface area contributed by atoms with Gasteiger partial charge in [0.15, 0.2) is 0 Å². The average Bonchev–Trinajstić information content (AvgIpc) is 3.25. The van der Waals surface area contributed by atoms with E-state index in [2.05, 4.69) is 15.6 Å². The Kier molecular flexibility index (Phi) is 5.44. The van der Waals surface area contributed by atoms with Gasteiger partial charge in [0.05, 0.1) is 17.3 Å². The zero-order valence-corrected chi connectivity index (χ0v) is 13.5. The molecule has 2 amide bonds. The third-order valence-electron chi connectivity index (χ3n) is 3.48. The minimum absolute atomic E-state index is 0.133. The van der Waals surface area contributed by atoms with Gasteiger partial charge in [-0.2, -0.15) is 0 Å². The van der Waals surface area contributed by atoms with Crippen LogP contribution in [-0.2, 0) is 11.3 Å². The number of nitrogens with one attached hydrogen (secondary N) is 2. The smallest absolute Gasteiger partial charge is 0.319 e. The van der Waals surface area contributed by atoms with Gasteiger partial charge in [0.1, 0.15) is 12.4 Å². The van der Waals surface area contributed by atoms with Crippen LogP contribution in [0.15, 0.2) is 35.2 Å². The molecule has 1 aliphatic heterocycles. The standard InChI is InChI=1S/C16H19N3O3S/c20-16(17-8-15-5-2-6-21-15)19-12-3-1-4-14(7-12)22-9-13-10-23-11-18-13/h1,3-4,7,10-11,15H,2,5-6,8-9H2,(H2,17,19,20). The Morgan fingerprint density at radius 2 is 2.43 bits per heavy atom. The Labute approximate surface area is 138 Å². The fourth-order valence-corrected chi connectivity index (χ4v) is 2.86. The van der Waals surface area contributed by atoms with E-state index in [4.69, 9.17) is 9.47 Å². The molecule has 0 spiro atoms. The van der Waals surface area contributed by atoms with Crippen LogP contribution < -0.4 is 15.4 Å². The lowest BCUT2D eigenvalue weighted by Gasteiger charge is -2.12. The molecule has 1 fully saturated rings. The molecule has 2 N–H and O–H groups in total. The van der Waals surface area contributed by atoms with Crippen LogP contribution in [0.2, 0.25) is 0 Å². The summed E-state index contributed by atoms with van der Waals surface area (Å²) in [5.41, 5.74) is 3.35. The first-order valence-electron chi connectivity index (χ1n) is 7.56. The van der Waals surface area contributed by atoms with Gasteiger partial charge in [0, 0.05) is 30.3 Å². The summed E-state index contributed by atoms with van der Waals surface area (Å²) in [6, 6.07) is 7.06. The number of carbonyl (C=O) groups is 1. The number of amides is 2. The molecule has 1 atom stereocenters. The fraction of sp³-hybridized carbons (Fsp3) is 0.375. The lowest BCUT2D eigenvalue weighted by atomic mass is 10.2. The summed E-state index contributed by atoms with van der Waals surface area (Å²) in [5.74, 6) is 0.690. The highest BCUT2D eigenvalue weighted by Gasteiger charge is 2.16. The Bertz CT molecular complexity index is 627. The van der Waals surface area contributed by atoms with Gasteiger partial charge in [-0.15, -0.1) is 11.3 Å². The molecular formula is C16H19N3O3S. The average molecular weight is 333 g/mol. The van der Waals surface area contributed by atoms with Crippen molar-refractivity contribution in [2.75, 3.05) is 18.5 Å². The van der Waals surface area contributed by atoms with Crippen molar-refractivity contribution in [2.24, 2.45) is 0 Å². The van der Waals surface area contributed by atoms with Crippen LogP contribution in [-0.4, -0.2) is 30.3 Å². The van der Waals surface area contributed by atoms with Gasteiger partial charge < -0.3 is 20.1 Å².